The number of hydrogen-bond acceptors (Lipinski definition) is 1. The van der Waals surface area contributed by atoms with E-state index in [1.807, 2.05) is 12.1 Å². The van der Waals surface area contributed by atoms with E-state index in [1.165, 1.54) is 40.1 Å². The molecule has 0 radical (unpaired) electrons. The standard InChI is InChI=1S/C23H22F2N2O/c24-20-11-10-17(14-21(20)25)23(28)26-15-22(27-12-3-4-13-27)19-9-5-7-16-6-1-2-8-18(16)19/h1-2,5-11,14,22H,3-4,12-13,15H2,(H,26,28)/p+1/t22-/m0/s1. The molecule has 3 aromatic carbocycles. The number of benzene rings is 3. The summed E-state index contributed by atoms with van der Waals surface area (Å²) in [7, 11) is 0. The Morgan fingerprint density at radius 1 is 0.964 bits per heavy atom. The third kappa shape index (κ3) is 3.76. The van der Waals surface area contributed by atoms with Gasteiger partial charge in [-0.15, -0.1) is 0 Å². The maximum atomic E-state index is 13.5. The molecule has 0 aliphatic carbocycles. The lowest BCUT2D eigenvalue weighted by molar-refractivity contribution is -0.918. The molecule has 1 aliphatic rings. The van der Waals surface area contributed by atoms with Gasteiger partial charge in [0, 0.05) is 24.0 Å². The molecule has 0 spiro atoms. The van der Waals surface area contributed by atoms with Gasteiger partial charge in [-0.1, -0.05) is 42.5 Å². The van der Waals surface area contributed by atoms with E-state index in [-0.39, 0.29) is 17.5 Å². The number of fused-ring (bicyclic) bond motifs is 1. The van der Waals surface area contributed by atoms with Crippen molar-refractivity contribution in [1.82, 2.24) is 5.32 Å². The highest BCUT2D eigenvalue weighted by atomic mass is 19.2. The van der Waals surface area contributed by atoms with Crippen LogP contribution in [-0.2, 0) is 0 Å². The first-order valence-corrected chi connectivity index (χ1v) is 9.69. The number of nitrogens with one attached hydrogen (secondary N) is 2. The Bertz CT molecular complexity index is 994. The molecule has 0 bridgehead atoms. The van der Waals surface area contributed by atoms with Crippen molar-refractivity contribution < 1.29 is 18.5 Å². The fraction of sp³-hybridized carbons (Fsp3) is 0.261. The molecular formula is C23H23F2N2O+. The molecule has 1 fully saturated rings. The lowest BCUT2D eigenvalue weighted by Gasteiger charge is -2.26. The summed E-state index contributed by atoms with van der Waals surface area (Å²) in [6.45, 7) is 2.57. The van der Waals surface area contributed by atoms with Crippen LogP contribution in [0, 0.1) is 11.6 Å². The minimum Gasteiger partial charge on any atom is -0.346 e. The van der Waals surface area contributed by atoms with Gasteiger partial charge in [-0.2, -0.15) is 0 Å². The molecule has 28 heavy (non-hydrogen) atoms. The average molecular weight is 381 g/mol. The summed E-state index contributed by atoms with van der Waals surface area (Å²) in [6.07, 6.45) is 2.35. The van der Waals surface area contributed by atoms with E-state index in [4.69, 9.17) is 0 Å². The van der Waals surface area contributed by atoms with Crippen LogP contribution in [0.2, 0.25) is 0 Å². The molecule has 1 saturated heterocycles. The van der Waals surface area contributed by atoms with Gasteiger partial charge < -0.3 is 10.2 Å². The van der Waals surface area contributed by atoms with Crippen molar-refractivity contribution in [2.24, 2.45) is 0 Å². The molecular weight excluding hydrogens is 358 g/mol. The summed E-state index contributed by atoms with van der Waals surface area (Å²) in [5.74, 6) is -2.35. The molecule has 5 heteroatoms. The van der Waals surface area contributed by atoms with E-state index in [1.54, 1.807) is 0 Å². The van der Waals surface area contributed by atoms with Gasteiger partial charge in [-0.05, 0) is 29.0 Å². The molecule has 144 valence electrons. The molecule has 1 aliphatic heterocycles. The van der Waals surface area contributed by atoms with Gasteiger partial charge in [-0.3, -0.25) is 4.79 Å². The predicted molar refractivity (Wildman–Crippen MR) is 105 cm³/mol. The molecule has 0 unspecified atom stereocenters. The molecule has 0 aromatic heterocycles. The first-order chi connectivity index (χ1) is 13.6. The number of carbonyl (C=O) groups is 1. The zero-order chi connectivity index (χ0) is 19.5. The average Bonchev–Trinajstić information content (AvgIpc) is 3.25. The first kappa shape index (κ1) is 18.6. The highest BCUT2D eigenvalue weighted by molar-refractivity contribution is 5.94. The van der Waals surface area contributed by atoms with Gasteiger partial charge in [0.25, 0.3) is 5.91 Å². The summed E-state index contributed by atoms with van der Waals surface area (Å²) in [4.78, 5) is 14.0. The number of rotatable bonds is 5. The summed E-state index contributed by atoms with van der Waals surface area (Å²) in [5, 5.41) is 5.30. The largest absolute Gasteiger partial charge is 0.346 e. The highest BCUT2D eigenvalue weighted by Crippen LogP contribution is 2.23. The van der Waals surface area contributed by atoms with Gasteiger partial charge in [0.05, 0.1) is 19.6 Å². The Hall–Kier alpha value is -2.79. The number of likely N-dealkylation sites (tertiary alicyclic amines) is 1. The normalized spacial score (nSPS) is 15.6. The maximum Gasteiger partial charge on any atom is 0.251 e. The first-order valence-electron chi connectivity index (χ1n) is 9.69. The van der Waals surface area contributed by atoms with Crippen molar-refractivity contribution in [2.75, 3.05) is 19.6 Å². The van der Waals surface area contributed by atoms with Crippen LogP contribution in [-0.4, -0.2) is 25.5 Å². The van der Waals surface area contributed by atoms with Gasteiger partial charge >= 0.3 is 0 Å². The maximum absolute atomic E-state index is 13.5. The van der Waals surface area contributed by atoms with Gasteiger partial charge in [0.15, 0.2) is 11.6 Å². The van der Waals surface area contributed by atoms with Crippen molar-refractivity contribution >= 4 is 16.7 Å². The zero-order valence-electron chi connectivity index (χ0n) is 15.6. The Balaban J connectivity index is 1.60. The highest BCUT2D eigenvalue weighted by Gasteiger charge is 2.29. The van der Waals surface area contributed by atoms with Crippen LogP contribution < -0.4 is 10.2 Å². The molecule has 3 nitrogen and oxygen atoms in total. The molecule has 1 amide bonds. The monoisotopic (exact) mass is 381 g/mol. The van der Waals surface area contributed by atoms with Crippen LogP contribution in [0.3, 0.4) is 0 Å². The second-order valence-electron chi connectivity index (χ2n) is 7.33. The fourth-order valence-corrected chi connectivity index (χ4v) is 4.14. The van der Waals surface area contributed by atoms with Crippen molar-refractivity contribution in [3.8, 4) is 0 Å². The number of amides is 1. The van der Waals surface area contributed by atoms with E-state index in [0.717, 1.165) is 25.2 Å². The van der Waals surface area contributed by atoms with E-state index >= 15 is 0 Å². The lowest BCUT2D eigenvalue weighted by atomic mass is 9.97. The number of carbonyl (C=O) groups excluding carboxylic acids is 1. The summed E-state index contributed by atoms with van der Waals surface area (Å²) < 4.78 is 26.6. The minimum atomic E-state index is -1.01. The fourth-order valence-electron chi connectivity index (χ4n) is 4.14. The van der Waals surface area contributed by atoms with Crippen molar-refractivity contribution in [2.45, 2.75) is 18.9 Å². The zero-order valence-corrected chi connectivity index (χ0v) is 15.6. The van der Waals surface area contributed by atoms with Gasteiger partial charge in [0.2, 0.25) is 0 Å². The van der Waals surface area contributed by atoms with Crippen LogP contribution in [0.1, 0.15) is 34.8 Å². The second kappa shape index (κ2) is 8.07. The summed E-state index contributed by atoms with van der Waals surface area (Å²) >= 11 is 0. The molecule has 3 aromatic rings. The van der Waals surface area contributed by atoms with Gasteiger partial charge in [0.1, 0.15) is 6.04 Å². The number of hydrogen-bond donors (Lipinski definition) is 2. The quantitative estimate of drug-likeness (QED) is 0.699. The van der Waals surface area contributed by atoms with Crippen LogP contribution in [0.5, 0.6) is 0 Å². The molecule has 4 rings (SSSR count). The number of quaternary nitrogens is 1. The molecule has 0 saturated carbocycles. The Morgan fingerprint density at radius 2 is 1.71 bits per heavy atom. The van der Waals surface area contributed by atoms with Gasteiger partial charge in [-0.25, -0.2) is 8.78 Å². The molecule has 1 atom stereocenters. The molecule has 1 heterocycles. The summed E-state index contributed by atoms with van der Waals surface area (Å²) in [6, 6.07) is 17.9. The third-order valence-electron chi connectivity index (χ3n) is 5.59. The smallest absolute Gasteiger partial charge is 0.251 e. The Kier molecular flexibility index (Phi) is 5.35. The Morgan fingerprint density at radius 3 is 2.50 bits per heavy atom. The number of halogens is 2. The van der Waals surface area contributed by atoms with E-state index in [2.05, 4.69) is 35.6 Å². The SMILES string of the molecule is O=C(NC[C@@H](c1cccc2ccccc12)[NH+]1CCCC1)c1ccc(F)c(F)c1. The van der Waals surface area contributed by atoms with Crippen LogP contribution in [0.15, 0.2) is 60.7 Å². The third-order valence-corrected chi connectivity index (χ3v) is 5.59. The van der Waals surface area contributed by atoms with Crippen LogP contribution >= 0.6 is 0 Å². The van der Waals surface area contributed by atoms with E-state index < -0.39 is 11.6 Å². The van der Waals surface area contributed by atoms with Crippen LogP contribution in [0.25, 0.3) is 10.8 Å². The predicted octanol–water partition coefficient (Wildman–Crippen LogP) is 3.27. The second-order valence-corrected chi connectivity index (χ2v) is 7.33. The van der Waals surface area contributed by atoms with E-state index in [9.17, 15) is 13.6 Å². The minimum absolute atomic E-state index is 0.114. The van der Waals surface area contributed by atoms with Crippen molar-refractivity contribution in [1.29, 1.82) is 0 Å². The summed E-state index contributed by atoms with van der Waals surface area (Å²) in [5.41, 5.74) is 1.34. The van der Waals surface area contributed by atoms with E-state index in [0.29, 0.717) is 6.54 Å². The topological polar surface area (TPSA) is 33.5 Å². The van der Waals surface area contributed by atoms with Crippen molar-refractivity contribution in [3.63, 3.8) is 0 Å². The lowest BCUT2D eigenvalue weighted by Crippen LogP contribution is -3.11. The van der Waals surface area contributed by atoms with Crippen LogP contribution in [0.4, 0.5) is 8.78 Å². The van der Waals surface area contributed by atoms with Crippen molar-refractivity contribution in [3.05, 3.63) is 83.4 Å². The Labute approximate surface area is 163 Å². The molecule has 2 N–H and O–H groups in total.